The van der Waals surface area contributed by atoms with E-state index in [0.29, 0.717) is 0 Å². The molecule has 0 radical (unpaired) electrons. The lowest BCUT2D eigenvalue weighted by molar-refractivity contribution is 0.122. The Hall–Kier alpha value is -1.88. The van der Waals surface area contributed by atoms with E-state index in [1.165, 1.54) is 19.3 Å². The topological polar surface area (TPSA) is 41.5 Å². The van der Waals surface area contributed by atoms with Crippen molar-refractivity contribution in [1.29, 1.82) is 0 Å². The van der Waals surface area contributed by atoms with Crippen molar-refractivity contribution in [3.05, 3.63) is 24.3 Å². The maximum atomic E-state index is 5.49. The van der Waals surface area contributed by atoms with Crippen molar-refractivity contribution in [2.75, 3.05) is 49.2 Å². The summed E-state index contributed by atoms with van der Waals surface area (Å²) in [6.45, 7) is 5.51. The van der Waals surface area contributed by atoms with Crippen LogP contribution >= 0.6 is 0 Å². The monoisotopic (exact) mass is 298 g/mol. The summed E-state index contributed by atoms with van der Waals surface area (Å²) in [6.07, 6.45) is 3.82. The summed E-state index contributed by atoms with van der Waals surface area (Å²) in [5.41, 5.74) is 1.96. The Kier molecular flexibility index (Phi) is 3.81. The summed E-state index contributed by atoms with van der Waals surface area (Å²) in [4.78, 5) is 14.6. The van der Waals surface area contributed by atoms with Gasteiger partial charge in [-0.2, -0.15) is 0 Å². The van der Waals surface area contributed by atoms with Gasteiger partial charge in [-0.1, -0.05) is 12.1 Å². The summed E-state index contributed by atoms with van der Waals surface area (Å²) in [7, 11) is 0. The molecule has 2 aliphatic rings. The predicted octanol–water partition coefficient (Wildman–Crippen LogP) is 2.46. The Bertz CT molecular complexity index is 592. The standard InChI is InChI=1S/C17H22N4O/c1-4-8-20(9-5-1)16-17(21-10-12-22-13-11-21)19-15-7-3-2-6-14(15)18-16/h2-3,6-7H,1,4-5,8-13H2. The fraction of sp³-hybridized carbons (Fsp3) is 0.529. The van der Waals surface area contributed by atoms with Crippen molar-refractivity contribution in [1.82, 2.24) is 9.97 Å². The number of hydrogen-bond donors (Lipinski definition) is 0. The van der Waals surface area contributed by atoms with Crippen LogP contribution in [0.1, 0.15) is 19.3 Å². The molecule has 0 bridgehead atoms. The molecule has 3 heterocycles. The van der Waals surface area contributed by atoms with E-state index in [2.05, 4.69) is 15.9 Å². The van der Waals surface area contributed by atoms with E-state index in [1.807, 2.05) is 18.2 Å². The minimum atomic E-state index is 0.772. The number of anilines is 2. The van der Waals surface area contributed by atoms with Gasteiger partial charge in [-0.3, -0.25) is 0 Å². The number of nitrogens with zero attached hydrogens (tertiary/aromatic N) is 4. The van der Waals surface area contributed by atoms with E-state index in [9.17, 15) is 0 Å². The Morgan fingerprint density at radius 3 is 1.86 bits per heavy atom. The molecule has 22 heavy (non-hydrogen) atoms. The van der Waals surface area contributed by atoms with Crippen LogP contribution in [0.15, 0.2) is 24.3 Å². The van der Waals surface area contributed by atoms with E-state index in [-0.39, 0.29) is 0 Å². The molecule has 2 aliphatic heterocycles. The van der Waals surface area contributed by atoms with Gasteiger partial charge in [0.05, 0.1) is 24.2 Å². The Morgan fingerprint density at radius 2 is 1.27 bits per heavy atom. The van der Waals surface area contributed by atoms with Crippen LogP contribution in [0.25, 0.3) is 11.0 Å². The van der Waals surface area contributed by atoms with Crippen LogP contribution in [0.5, 0.6) is 0 Å². The Balaban J connectivity index is 1.79. The fourth-order valence-corrected chi connectivity index (χ4v) is 3.29. The number of aromatic nitrogens is 2. The Labute approximate surface area is 130 Å². The minimum Gasteiger partial charge on any atom is -0.378 e. The zero-order valence-corrected chi connectivity index (χ0v) is 12.9. The normalized spacial score (nSPS) is 19.6. The summed E-state index contributed by atoms with van der Waals surface area (Å²) < 4.78 is 5.49. The SMILES string of the molecule is c1ccc2nc(N3CCOCC3)c(N3CCCCC3)nc2c1. The summed E-state index contributed by atoms with van der Waals surface area (Å²) in [5.74, 6) is 2.09. The lowest BCUT2D eigenvalue weighted by Gasteiger charge is -2.34. The molecule has 5 nitrogen and oxygen atoms in total. The number of ether oxygens (including phenoxy) is 1. The molecule has 4 rings (SSSR count). The van der Waals surface area contributed by atoms with E-state index >= 15 is 0 Å². The highest BCUT2D eigenvalue weighted by Crippen LogP contribution is 2.30. The van der Waals surface area contributed by atoms with Crippen LogP contribution in [0.4, 0.5) is 11.6 Å². The number of fused-ring (bicyclic) bond motifs is 1. The molecule has 0 N–H and O–H groups in total. The third kappa shape index (κ3) is 2.61. The van der Waals surface area contributed by atoms with Crippen LogP contribution in [-0.2, 0) is 4.74 Å². The molecule has 0 unspecified atom stereocenters. The zero-order chi connectivity index (χ0) is 14.8. The molecule has 2 aromatic rings. The van der Waals surface area contributed by atoms with Gasteiger partial charge >= 0.3 is 0 Å². The maximum Gasteiger partial charge on any atom is 0.172 e. The summed E-state index contributed by atoms with van der Waals surface area (Å²) in [5, 5.41) is 0. The fourth-order valence-electron chi connectivity index (χ4n) is 3.29. The predicted molar refractivity (Wildman–Crippen MR) is 88.6 cm³/mol. The van der Waals surface area contributed by atoms with Gasteiger partial charge in [0.15, 0.2) is 11.6 Å². The third-order valence-corrected chi connectivity index (χ3v) is 4.50. The maximum absolute atomic E-state index is 5.49. The van der Waals surface area contributed by atoms with Gasteiger partial charge in [-0.15, -0.1) is 0 Å². The molecular weight excluding hydrogens is 276 g/mol. The van der Waals surface area contributed by atoms with Crippen molar-refractivity contribution in [2.24, 2.45) is 0 Å². The minimum absolute atomic E-state index is 0.772. The van der Waals surface area contributed by atoms with Gasteiger partial charge in [0.1, 0.15) is 0 Å². The number of benzene rings is 1. The first-order valence-corrected chi connectivity index (χ1v) is 8.26. The van der Waals surface area contributed by atoms with Crippen molar-refractivity contribution >= 4 is 22.7 Å². The first kappa shape index (κ1) is 13.8. The van der Waals surface area contributed by atoms with Crippen LogP contribution < -0.4 is 9.80 Å². The van der Waals surface area contributed by atoms with Gasteiger partial charge in [-0.05, 0) is 31.4 Å². The zero-order valence-electron chi connectivity index (χ0n) is 12.9. The number of rotatable bonds is 2. The lowest BCUT2D eigenvalue weighted by Crippen LogP contribution is -2.39. The van der Waals surface area contributed by atoms with Crippen LogP contribution in [0.3, 0.4) is 0 Å². The number of hydrogen-bond acceptors (Lipinski definition) is 5. The first-order valence-electron chi connectivity index (χ1n) is 8.26. The first-order chi connectivity index (χ1) is 10.9. The number of para-hydroxylation sites is 2. The molecule has 0 atom stereocenters. The molecular formula is C17H22N4O. The Morgan fingerprint density at radius 1 is 0.727 bits per heavy atom. The highest BCUT2D eigenvalue weighted by atomic mass is 16.5. The van der Waals surface area contributed by atoms with Gasteiger partial charge in [0.2, 0.25) is 0 Å². The van der Waals surface area contributed by atoms with Crippen molar-refractivity contribution in [3.63, 3.8) is 0 Å². The quantitative estimate of drug-likeness (QED) is 0.852. The largest absolute Gasteiger partial charge is 0.378 e. The van der Waals surface area contributed by atoms with Crippen molar-refractivity contribution < 1.29 is 4.74 Å². The van der Waals surface area contributed by atoms with E-state index in [4.69, 9.17) is 14.7 Å². The average Bonchev–Trinajstić information content (AvgIpc) is 2.62. The van der Waals surface area contributed by atoms with Gasteiger partial charge in [0.25, 0.3) is 0 Å². The average molecular weight is 298 g/mol. The lowest BCUT2D eigenvalue weighted by atomic mass is 10.1. The molecule has 0 aliphatic carbocycles. The highest BCUT2D eigenvalue weighted by Gasteiger charge is 2.23. The second-order valence-electron chi connectivity index (χ2n) is 6.01. The van der Waals surface area contributed by atoms with Crippen LogP contribution in [-0.4, -0.2) is 49.4 Å². The molecule has 1 aromatic carbocycles. The summed E-state index contributed by atoms with van der Waals surface area (Å²) >= 11 is 0. The molecule has 0 saturated carbocycles. The summed E-state index contributed by atoms with van der Waals surface area (Å²) in [6, 6.07) is 8.16. The molecule has 0 amide bonds. The van der Waals surface area contributed by atoms with Crippen LogP contribution in [0, 0.1) is 0 Å². The van der Waals surface area contributed by atoms with E-state index < -0.39 is 0 Å². The highest BCUT2D eigenvalue weighted by molar-refractivity contribution is 5.81. The molecule has 2 fully saturated rings. The molecule has 5 heteroatoms. The second kappa shape index (κ2) is 6.08. The van der Waals surface area contributed by atoms with Gasteiger partial charge in [0, 0.05) is 26.2 Å². The molecule has 116 valence electrons. The van der Waals surface area contributed by atoms with Gasteiger partial charge < -0.3 is 14.5 Å². The van der Waals surface area contributed by atoms with E-state index in [0.717, 1.165) is 62.1 Å². The second-order valence-corrected chi connectivity index (χ2v) is 6.01. The van der Waals surface area contributed by atoms with Crippen molar-refractivity contribution in [2.45, 2.75) is 19.3 Å². The van der Waals surface area contributed by atoms with E-state index in [1.54, 1.807) is 0 Å². The van der Waals surface area contributed by atoms with Crippen LogP contribution in [0.2, 0.25) is 0 Å². The van der Waals surface area contributed by atoms with Gasteiger partial charge in [-0.25, -0.2) is 9.97 Å². The molecule has 0 spiro atoms. The third-order valence-electron chi connectivity index (χ3n) is 4.50. The smallest absolute Gasteiger partial charge is 0.172 e. The molecule has 2 saturated heterocycles. The number of piperidine rings is 1. The molecule has 1 aromatic heterocycles. The van der Waals surface area contributed by atoms with Crippen molar-refractivity contribution in [3.8, 4) is 0 Å². The number of morpholine rings is 1.